The molecule has 1 N–H and O–H groups in total. The van der Waals surface area contributed by atoms with Gasteiger partial charge in [0, 0.05) is 5.56 Å². The summed E-state index contributed by atoms with van der Waals surface area (Å²) in [6, 6.07) is 4.21. The minimum Gasteiger partial charge on any atom is -0.481 e. The summed E-state index contributed by atoms with van der Waals surface area (Å²) in [5.74, 6) is -1.13. The van der Waals surface area contributed by atoms with Crippen LogP contribution in [0.5, 0.6) is 0 Å². The highest BCUT2D eigenvalue weighted by Gasteiger charge is 2.19. The van der Waals surface area contributed by atoms with Crippen molar-refractivity contribution in [1.29, 1.82) is 0 Å². The van der Waals surface area contributed by atoms with Crippen molar-refractivity contribution in [2.75, 3.05) is 0 Å². The molecule has 0 atom stereocenters. The molecule has 0 aliphatic heterocycles. The Hall–Kier alpha value is -1.62. The summed E-state index contributed by atoms with van der Waals surface area (Å²) >= 11 is 5.57. The Balaban J connectivity index is 3.21. The number of benzene rings is 1. The van der Waals surface area contributed by atoms with E-state index in [0.29, 0.717) is 0 Å². The number of nitro benzene ring substituents is 1. The van der Waals surface area contributed by atoms with Gasteiger partial charge in [-0.15, -0.1) is 0 Å². The third-order valence-corrected chi connectivity index (χ3v) is 1.90. The fraction of sp³-hybridized carbons (Fsp3) is 0.125. The quantitative estimate of drug-likeness (QED) is 0.617. The highest BCUT2D eigenvalue weighted by molar-refractivity contribution is 6.32. The van der Waals surface area contributed by atoms with Gasteiger partial charge in [0.2, 0.25) is 0 Å². The maximum Gasteiger partial charge on any atom is 0.308 e. The molecule has 6 heteroatoms. The van der Waals surface area contributed by atoms with E-state index in [0.717, 1.165) is 0 Å². The minimum atomic E-state index is -1.13. The van der Waals surface area contributed by atoms with Crippen LogP contribution in [0.3, 0.4) is 0 Å². The number of nitrogens with zero attached hydrogens (tertiary/aromatic N) is 1. The Kier molecular flexibility index (Phi) is 3.03. The number of aliphatic carboxylic acids is 1. The van der Waals surface area contributed by atoms with E-state index in [1.54, 1.807) is 0 Å². The predicted octanol–water partition coefficient (Wildman–Crippen LogP) is 1.88. The van der Waals surface area contributed by atoms with Crippen LogP contribution >= 0.6 is 11.6 Å². The lowest BCUT2D eigenvalue weighted by Gasteiger charge is -2.00. The normalized spacial score (nSPS) is 9.79. The first-order valence-corrected chi connectivity index (χ1v) is 4.03. The maximum absolute atomic E-state index is 10.6. The summed E-state index contributed by atoms with van der Waals surface area (Å²) < 4.78 is 0. The Bertz CT molecular complexity index is 391. The molecule has 14 heavy (non-hydrogen) atoms. The van der Waals surface area contributed by atoms with Crippen LogP contribution in [0, 0.1) is 10.1 Å². The van der Waals surface area contributed by atoms with Gasteiger partial charge < -0.3 is 5.11 Å². The molecule has 1 aromatic rings. The Morgan fingerprint density at radius 3 is 2.71 bits per heavy atom. The number of para-hydroxylation sites is 1. The summed E-state index contributed by atoms with van der Waals surface area (Å²) in [7, 11) is 0. The van der Waals surface area contributed by atoms with E-state index in [4.69, 9.17) is 16.7 Å². The monoisotopic (exact) mass is 215 g/mol. The Labute approximate surface area is 84.1 Å². The van der Waals surface area contributed by atoms with E-state index in [1.165, 1.54) is 18.2 Å². The standard InChI is InChI=1S/C8H6ClNO4/c9-6-3-1-2-5(4-7(11)12)8(6)10(13)14/h1-3H,4H2,(H,11,12). The fourth-order valence-corrected chi connectivity index (χ4v) is 1.33. The van der Waals surface area contributed by atoms with E-state index >= 15 is 0 Å². The number of carbonyl (C=O) groups is 1. The van der Waals surface area contributed by atoms with Crippen molar-refractivity contribution in [2.24, 2.45) is 0 Å². The number of nitro groups is 1. The summed E-state index contributed by atoms with van der Waals surface area (Å²) in [5, 5.41) is 19.0. The molecule has 0 saturated carbocycles. The topological polar surface area (TPSA) is 80.4 Å². The lowest BCUT2D eigenvalue weighted by molar-refractivity contribution is -0.385. The van der Waals surface area contributed by atoms with Crippen LogP contribution in [0.2, 0.25) is 5.02 Å². The number of carboxylic acid groups (broad SMARTS) is 1. The molecular weight excluding hydrogens is 210 g/mol. The van der Waals surface area contributed by atoms with Gasteiger partial charge in [0.05, 0.1) is 11.3 Å². The maximum atomic E-state index is 10.6. The van der Waals surface area contributed by atoms with Crippen molar-refractivity contribution >= 4 is 23.3 Å². The summed E-state index contributed by atoms with van der Waals surface area (Å²) in [6.07, 6.45) is -0.406. The van der Waals surface area contributed by atoms with Crippen molar-refractivity contribution in [2.45, 2.75) is 6.42 Å². The van der Waals surface area contributed by atoms with Crippen LogP contribution in [0.4, 0.5) is 5.69 Å². The van der Waals surface area contributed by atoms with Crippen LogP contribution in [-0.2, 0) is 11.2 Å². The number of hydrogen-bond donors (Lipinski definition) is 1. The average Bonchev–Trinajstić information content (AvgIpc) is 2.01. The summed E-state index contributed by atoms with van der Waals surface area (Å²) in [5.41, 5.74) is -0.230. The molecule has 0 fully saturated rings. The lowest BCUT2D eigenvalue weighted by atomic mass is 10.1. The molecule has 0 aromatic heterocycles. The number of halogens is 1. The van der Waals surface area contributed by atoms with Gasteiger partial charge in [0.1, 0.15) is 5.02 Å². The van der Waals surface area contributed by atoms with E-state index in [2.05, 4.69) is 0 Å². The van der Waals surface area contributed by atoms with Gasteiger partial charge in [0.25, 0.3) is 5.69 Å². The van der Waals surface area contributed by atoms with Crippen molar-refractivity contribution in [1.82, 2.24) is 0 Å². The molecule has 0 bridgehead atoms. The van der Waals surface area contributed by atoms with Crippen LogP contribution < -0.4 is 0 Å². The molecule has 0 amide bonds. The summed E-state index contributed by atoms with van der Waals surface area (Å²) in [4.78, 5) is 20.3. The largest absolute Gasteiger partial charge is 0.481 e. The number of hydrogen-bond acceptors (Lipinski definition) is 3. The molecule has 0 aliphatic carbocycles. The van der Waals surface area contributed by atoms with E-state index in [-0.39, 0.29) is 16.3 Å². The van der Waals surface area contributed by atoms with Crippen molar-refractivity contribution in [3.05, 3.63) is 38.9 Å². The third-order valence-electron chi connectivity index (χ3n) is 1.59. The number of rotatable bonds is 3. The molecule has 0 aliphatic rings. The van der Waals surface area contributed by atoms with Crippen LogP contribution in [0.25, 0.3) is 0 Å². The van der Waals surface area contributed by atoms with Gasteiger partial charge in [-0.25, -0.2) is 0 Å². The first-order chi connectivity index (χ1) is 6.52. The highest BCUT2D eigenvalue weighted by Crippen LogP contribution is 2.28. The van der Waals surface area contributed by atoms with E-state index in [9.17, 15) is 14.9 Å². The minimum absolute atomic E-state index is 0.0475. The van der Waals surface area contributed by atoms with Crippen LogP contribution in [0.15, 0.2) is 18.2 Å². The molecular formula is C8H6ClNO4. The second-order valence-corrected chi connectivity index (χ2v) is 2.98. The third kappa shape index (κ3) is 2.20. The van der Waals surface area contributed by atoms with Gasteiger partial charge in [-0.2, -0.15) is 0 Å². The molecule has 0 unspecified atom stereocenters. The molecule has 5 nitrogen and oxygen atoms in total. The second-order valence-electron chi connectivity index (χ2n) is 2.58. The van der Waals surface area contributed by atoms with Crippen LogP contribution in [0.1, 0.15) is 5.56 Å². The fourth-order valence-electron chi connectivity index (χ4n) is 1.07. The molecule has 74 valence electrons. The zero-order valence-electron chi connectivity index (χ0n) is 6.94. The second kappa shape index (κ2) is 4.06. The number of carboxylic acids is 1. The van der Waals surface area contributed by atoms with Crippen molar-refractivity contribution < 1.29 is 14.8 Å². The van der Waals surface area contributed by atoms with Crippen LogP contribution in [-0.4, -0.2) is 16.0 Å². The van der Waals surface area contributed by atoms with E-state index < -0.39 is 17.3 Å². The van der Waals surface area contributed by atoms with Gasteiger partial charge in [-0.3, -0.25) is 14.9 Å². The Morgan fingerprint density at radius 2 is 2.21 bits per heavy atom. The van der Waals surface area contributed by atoms with Gasteiger partial charge in [-0.1, -0.05) is 23.7 Å². The average molecular weight is 216 g/mol. The molecule has 0 saturated heterocycles. The predicted molar refractivity (Wildman–Crippen MR) is 49.4 cm³/mol. The highest BCUT2D eigenvalue weighted by atomic mass is 35.5. The lowest BCUT2D eigenvalue weighted by Crippen LogP contribution is -2.03. The molecule has 0 spiro atoms. The van der Waals surface area contributed by atoms with Gasteiger partial charge in [-0.05, 0) is 6.07 Å². The van der Waals surface area contributed by atoms with Crippen molar-refractivity contribution in [3.63, 3.8) is 0 Å². The zero-order chi connectivity index (χ0) is 10.7. The SMILES string of the molecule is O=C(O)Cc1cccc(Cl)c1[N+](=O)[O-]. The van der Waals surface area contributed by atoms with Gasteiger partial charge in [0.15, 0.2) is 0 Å². The summed E-state index contributed by atoms with van der Waals surface area (Å²) in [6.45, 7) is 0. The smallest absolute Gasteiger partial charge is 0.308 e. The molecule has 1 rings (SSSR count). The van der Waals surface area contributed by atoms with Crippen molar-refractivity contribution in [3.8, 4) is 0 Å². The first kappa shape index (κ1) is 10.5. The molecule has 0 heterocycles. The zero-order valence-corrected chi connectivity index (χ0v) is 7.69. The van der Waals surface area contributed by atoms with Gasteiger partial charge >= 0.3 is 5.97 Å². The van der Waals surface area contributed by atoms with E-state index in [1.807, 2.05) is 0 Å². The molecule has 1 aromatic carbocycles. The molecule has 0 radical (unpaired) electrons. The Morgan fingerprint density at radius 1 is 1.57 bits per heavy atom. The first-order valence-electron chi connectivity index (χ1n) is 3.66.